The lowest BCUT2D eigenvalue weighted by Crippen LogP contribution is -2.06. The third-order valence-electron chi connectivity index (χ3n) is 3.46. The maximum absolute atomic E-state index is 9.22. The molecule has 0 saturated heterocycles. The number of fused-ring (bicyclic) bond motifs is 1. The molecule has 19 heavy (non-hydrogen) atoms. The van der Waals surface area contributed by atoms with Gasteiger partial charge in [-0.15, -0.1) is 0 Å². The number of rotatable bonds is 1. The van der Waals surface area contributed by atoms with Crippen molar-refractivity contribution in [3.63, 3.8) is 0 Å². The summed E-state index contributed by atoms with van der Waals surface area (Å²) in [5, 5.41) is 0. The Bertz CT molecular complexity index is 605. The molecule has 1 heterocycles. The van der Waals surface area contributed by atoms with Crippen molar-refractivity contribution in [2.45, 2.75) is 26.7 Å². The number of benzene rings is 1. The van der Waals surface area contributed by atoms with Gasteiger partial charge in [0.15, 0.2) is 5.71 Å². The fourth-order valence-corrected chi connectivity index (χ4v) is 2.21. The van der Waals surface area contributed by atoms with Crippen LogP contribution in [0.3, 0.4) is 0 Å². The Balaban J connectivity index is 0.000000258. The minimum absolute atomic E-state index is 0.584. The zero-order chi connectivity index (χ0) is 14.8. The molecule has 5 nitrogen and oxygen atoms in total. The molecule has 2 rings (SSSR count). The van der Waals surface area contributed by atoms with E-state index in [-0.39, 0.29) is 0 Å². The van der Waals surface area contributed by atoms with Gasteiger partial charge in [-0.3, -0.25) is 4.18 Å². The summed E-state index contributed by atoms with van der Waals surface area (Å²) < 4.78 is 33.3. The summed E-state index contributed by atoms with van der Waals surface area (Å²) in [4.78, 5) is 0. The maximum Gasteiger partial charge on any atom is 0.217 e. The second kappa shape index (κ2) is 5.81. The van der Waals surface area contributed by atoms with E-state index in [0.717, 1.165) is 7.11 Å². The Labute approximate surface area is 114 Å². The molecule has 6 heteroatoms. The van der Waals surface area contributed by atoms with Crippen molar-refractivity contribution in [1.82, 2.24) is 0 Å². The van der Waals surface area contributed by atoms with Crippen LogP contribution in [0.1, 0.15) is 30.9 Å². The van der Waals surface area contributed by atoms with Crippen LogP contribution < -0.4 is 0 Å². The van der Waals surface area contributed by atoms with Gasteiger partial charge < -0.3 is 4.55 Å². The zero-order valence-corrected chi connectivity index (χ0v) is 12.6. The van der Waals surface area contributed by atoms with Gasteiger partial charge in [0, 0.05) is 18.6 Å². The summed E-state index contributed by atoms with van der Waals surface area (Å²) in [7, 11) is -1.45. The van der Waals surface area contributed by atoms with Gasteiger partial charge in [0.25, 0.3) is 0 Å². The van der Waals surface area contributed by atoms with E-state index in [9.17, 15) is 13.0 Å². The van der Waals surface area contributed by atoms with Crippen LogP contribution in [0.2, 0.25) is 0 Å². The highest BCUT2D eigenvalue weighted by atomic mass is 32.3. The van der Waals surface area contributed by atoms with Gasteiger partial charge in [-0.1, -0.05) is 12.1 Å². The van der Waals surface area contributed by atoms with Crippen LogP contribution in [0.5, 0.6) is 0 Å². The maximum atomic E-state index is 9.22. The monoisotopic (exact) mass is 285 g/mol. The molecule has 1 aromatic carbocycles. The molecule has 1 unspecified atom stereocenters. The lowest BCUT2D eigenvalue weighted by Gasteiger charge is -2.03. The average Bonchev–Trinajstić information content (AvgIpc) is 2.56. The van der Waals surface area contributed by atoms with Crippen molar-refractivity contribution in [2.75, 3.05) is 14.2 Å². The number of nitrogens with zero attached hydrogens (tertiary/aromatic N) is 1. The van der Waals surface area contributed by atoms with Gasteiger partial charge in [0.1, 0.15) is 7.05 Å². The minimum Gasteiger partial charge on any atom is -0.726 e. The van der Waals surface area contributed by atoms with Crippen LogP contribution >= 0.6 is 0 Å². The van der Waals surface area contributed by atoms with Crippen LogP contribution in [0, 0.1) is 6.92 Å². The van der Waals surface area contributed by atoms with Crippen molar-refractivity contribution in [1.29, 1.82) is 0 Å². The van der Waals surface area contributed by atoms with E-state index in [1.165, 1.54) is 22.5 Å². The van der Waals surface area contributed by atoms with E-state index < -0.39 is 10.4 Å². The van der Waals surface area contributed by atoms with Gasteiger partial charge in [0.2, 0.25) is 16.1 Å². The van der Waals surface area contributed by atoms with Crippen molar-refractivity contribution >= 4 is 21.8 Å². The van der Waals surface area contributed by atoms with E-state index in [1.807, 2.05) is 0 Å². The second-order valence-electron chi connectivity index (χ2n) is 4.50. The van der Waals surface area contributed by atoms with Crippen molar-refractivity contribution < 1.29 is 21.7 Å². The molecule has 106 valence electrons. The van der Waals surface area contributed by atoms with Gasteiger partial charge in [-0.25, -0.2) is 13.0 Å². The molecule has 1 aliphatic heterocycles. The summed E-state index contributed by atoms with van der Waals surface area (Å²) in [6.07, 6.45) is 0. The first kappa shape index (κ1) is 15.8. The van der Waals surface area contributed by atoms with Crippen LogP contribution in [0.4, 0.5) is 5.69 Å². The Kier molecular flexibility index (Phi) is 4.84. The fraction of sp³-hybridized carbons (Fsp3) is 0.462. The third-order valence-corrected chi connectivity index (χ3v) is 3.86. The van der Waals surface area contributed by atoms with Gasteiger partial charge in [-0.05, 0) is 19.4 Å². The van der Waals surface area contributed by atoms with Crippen molar-refractivity contribution in [3.05, 3.63) is 29.3 Å². The van der Waals surface area contributed by atoms with Gasteiger partial charge in [-0.2, -0.15) is 0 Å². The van der Waals surface area contributed by atoms with Gasteiger partial charge in [0.05, 0.1) is 13.0 Å². The highest BCUT2D eigenvalue weighted by molar-refractivity contribution is 7.80. The molecule has 0 spiro atoms. The summed E-state index contributed by atoms with van der Waals surface area (Å²) in [5.74, 6) is 0.584. The summed E-state index contributed by atoms with van der Waals surface area (Å²) in [6.45, 7) is 6.69. The van der Waals surface area contributed by atoms with Crippen LogP contribution in [-0.2, 0) is 14.6 Å². The molecule has 0 amide bonds. The lowest BCUT2D eigenvalue weighted by molar-refractivity contribution is -0.402. The van der Waals surface area contributed by atoms with E-state index in [2.05, 4.69) is 54.8 Å². The molecule has 0 N–H and O–H groups in total. The highest BCUT2D eigenvalue weighted by Gasteiger charge is 2.31. The van der Waals surface area contributed by atoms with E-state index in [4.69, 9.17) is 0 Å². The van der Waals surface area contributed by atoms with E-state index >= 15 is 0 Å². The number of hydrogen-bond acceptors (Lipinski definition) is 4. The Morgan fingerprint density at radius 3 is 2.26 bits per heavy atom. The molecular weight excluding hydrogens is 266 g/mol. The molecule has 1 atom stereocenters. The molecule has 0 bridgehead atoms. The molecule has 0 fully saturated rings. The Morgan fingerprint density at radius 1 is 1.32 bits per heavy atom. The van der Waals surface area contributed by atoms with Crippen LogP contribution in [-0.4, -0.2) is 37.4 Å². The standard InChI is InChI=1S/C12H16N.CH4O4S/c1-8-6-5-7-11-12(8)9(2)10(3)13(11)4;1-5-6(2,3)4/h5-7,9H,1-4H3;1H3,(H,2,3,4)/q+1;/p-1. The quantitative estimate of drug-likeness (QED) is 0.449. The Hall–Kier alpha value is -1.24. The number of aryl methyl sites for hydroxylation is 1. The minimum atomic E-state index is -4.41. The van der Waals surface area contributed by atoms with Crippen molar-refractivity contribution in [3.8, 4) is 0 Å². The third kappa shape index (κ3) is 3.62. The lowest BCUT2D eigenvalue weighted by atomic mass is 9.95. The van der Waals surface area contributed by atoms with Crippen LogP contribution in [0.15, 0.2) is 18.2 Å². The number of hydrogen-bond donors (Lipinski definition) is 0. The predicted molar refractivity (Wildman–Crippen MR) is 72.8 cm³/mol. The second-order valence-corrected chi connectivity index (χ2v) is 5.65. The molecule has 0 aliphatic carbocycles. The largest absolute Gasteiger partial charge is 0.726 e. The van der Waals surface area contributed by atoms with E-state index in [1.54, 1.807) is 0 Å². The first-order chi connectivity index (χ1) is 8.69. The normalized spacial score (nSPS) is 17.9. The first-order valence-corrected chi connectivity index (χ1v) is 7.20. The molecule has 1 aliphatic rings. The molecule has 0 aromatic heterocycles. The summed E-state index contributed by atoms with van der Waals surface area (Å²) in [6, 6.07) is 6.53. The molecule has 1 aromatic rings. The van der Waals surface area contributed by atoms with Crippen molar-refractivity contribution in [2.24, 2.45) is 0 Å². The highest BCUT2D eigenvalue weighted by Crippen LogP contribution is 2.35. The predicted octanol–water partition coefficient (Wildman–Crippen LogP) is 1.94. The van der Waals surface area contributed by atoms with Gasteiger partial charge >= 0.3 is 0 Å². The fourth-order valence-electron chi connectivity index (χ4n) is 2.21. The average molecular weight is 285 g/mol. The topological polar surface area (TPSA) is 69.4 Å². The molecular formula is C13H19NO4S. The molecule has 0 radical (unpaired) electrons. The smallest absolute Gasteiger partial charge is 0.217 e. The van der Waals surface area contributed by atoms with Crippen LogP contribution in [0.25, 0.3) is 0 Å². The summed E-state index contributed by atoms with van der Waals surface area (Å²) >= 11 is 0. The molecule has 0 saturated carbocycles. The zero-order valence-electron chi connectivity index (χ0n) is 11.8. The first-order valence-electron chi connectivity index (χ1n) is 5.87. The van der Waals surface area contributed by atoms with E-state index in [0.29, 0.717) is 5.92 Å². The SMILES string of the molecule is CC1=[N+](C)c2cccc(C)c2C1C.COS(=O)(=O)[O-]. The summed E-state index contributed by atoms with van der Waals surface area (Å²) in [5.41, 5.74) is 5.74. The Morgan fingerprint density at radius 2 is 1.84 bits per heavy atom.